The van der Waals surface area contributed by atoms with E-state index in [1.54, 1.807) is 12.5 Å². The van der Waals surface area contributed by atoms with E-state index in [1.807, 2.05) is 67.6 Å². The summed E-state index contributed by atoms with van der Waals surface area (Å²) in [5.41, 5.74) is 3.89. The third-order valence-electron chi connectivity index (χ3n) is 4.11. The maximum atomic E-state index is 12.0. The molecule has 0 aliphatic carbocycles. The monoisotopic (exact) mass is 348 g/mol. The van der Waals surface area contributed by atoms with Crippen molar-refractivity contribution in [3.63, 3.8) is 0 Å². The summed E-state index contributed by atoms with van der Waals surface area (Å²) >= 11 is 0. The standard InChI is InChI=1S/C21H20N2O3/c1-15(17-5-3-2-4-6-17)23-21(25)20(24)22-13-16-7-9-18(10-8-16)19-11-12-26-14-19/h2-12,14-15H,13H2,1H3,(H,22,24)(H,23,25). The van der Waals surface area contributed by atoms with Gasteiger partial charge in [-0.3, -0.25) is 9.59 Å². The third-order valence-corrected chi connectivity index (χ3v) is 4.11. The van der Waals surface area contributed by atoms with Crippen LogP contribution in [0.2, 0.25) is 0 Å². The predicted molar refractivity (Wildman–Crippen MR) is 99.0 cm³/mol. The molecular formula is C21H20N2O3. The van der Waals surface area contributed by atoms with Gasteiger partial charge in [0, 0.05) is 12.1 Å². The van der Waals surface area contributed by atoms with Crippen LogP contribution in [0, 0.1) is 0 Å². The minimum absolute atomic E-state index is 0.233. The molecule has 0 saturated heterocycles. The van der Waals surface area contributed by atoms with Crippen molar-refractivity contribution in [3.05, 3.63) is 84.3 Å². The fourth-order valence-electron chi connectivity index (χ4n) is 2.59. The average molecular weight is 348 g/mol. The lowest BCUT2D eigenvalue weighted by Gasteiger charge is -2.14. The summed E-state index contributed by atoms with van der Waals surface area (Å²) < 4.78 is 5.07. The number of rotatable bonds is 5. The zero-order valence-corrected chi connectivity index (χ0v) is 14.4. The highest BCUT2D eigenvalue weighted by Crippen LogP contribution is 2.19. The van der Waals surface area contributed by atoms with Crippen molar-refractivity contribution in [2.75, 3.05) is 0 Å². The summed E-state index contributed by atoms with van der Waals surface area (Å²) in [6, 6.07) is 18.9. The highest BCUT2D eigenvalue weighted by molar-refractivity contribution is 6.35. The smallest absolute Gasteiger partial charge is 0.309 e. The second-order valence-electron chi connectivity index (χ2n) is 6.00. The van der Waals surface area contributed by atoms with Crippen molar-refractivity contribution in [3.8, 4) is 11.1 Å². The lowest BCUT2D eigenvalue weighted by molar-refractivity contribution is -0.139. The summed E-state index contributed by atoms with van der Waals surface area (Å²) in [7, 11) is 0. The molecule has 0 fully saturated rings. The molecule has 2 amide bonds. The zero-order valence-electron chi connectivity index (χ0n) is 14.4. The molecular weight excluding hydrogens is 328 g/mol. The summed E-state index contributed by atoms with van der Waals surface area (Å²) in [5.74, 6) is -1.29. The van der Waals surface area contributed by atoms with Crippen LogP contribution in [0.4, 0.5) is 0 Å². The Balaban J connectivity index is 1.51. The third kappa shape index (κ3) is 4.39. The van der Waals surface area contributed by atoms with Crippen LogP contribution in [0.5, 0.6) is 0 Å². The first-order valence-corrected chi connectivity index (χ1v) is 8.38. The lowest BCUT2D eigenvalue weighted by Crippen LogP contribution is -2.40. The molecule has 2 N–H and O–H groups in total. The first-order valence-electron chi connectivity index (χ1n) is 8.38. The first kappa shape index (κ1) is 17.5. The second-order valence-corrected chi connectivity index (χ2v) is 6.00. The van der Waals surface area contributed by atoms with Crippen LogP contribution < -0.4 is 10.6 Å². The van der Waals surface area contributed by atoms with Crippen molar-refractivity contribution in [2.45, 2.75) is 19.5 Å². The van der Waals surface area contributed by atoms with E-state index < -0.39 is 11.8 Å². The maximum Gasteiger partial charge on any atom is 0.309 e. The fraction of sp³-hybridized carbons (Fsp3) is 0.143. The zero-order chi connectivity index (χ0) is 18.4. The molecule has 0 spiro atoms. The predicted octanol–water partition coefficient (Wildman–Crippen LogP) is 3.44. The molecule has 1 unspecified atom stereocenters. The number of benzene rings is 2. The molecule has 26 heavy (non-hydrogen) atoms. The van der Waals surface area contributed by atoms with Gasteiger partial charge in [-0.1, -0.05) is 54.6 Å². The minimum atomic E-state index is -0.647. The van der Waals surface area contributed by atoms with Gasteiger partial charge < -0.3 is 15.1 Å². The molecule has 1 atom stereocenters. The van der Waals surface area contributed by atoms with E-state index >= 15 is 0 Å². The number of carbonyl (C=O) groups is 2. The van der Waals surface area contributed by atoms with Gasteiger partial charge in [-0.05, 0) is 29.7 Å². The Kier molecular flexibility index (Phi) is 5.49. The number of hydrogen-bond acceptors (Lipinski definition) is 3. The number of amides is 2. The van der Waals surface area contributed by atoms with Crippen molar-refractivity contribution in [1.82, 2.24) is 10.6 Å². The van der Waals surface area contributed by atoms with Crippen LogP contribution in [0.25, 0.3) is 11.1 Å². The average Bonchev–Trinajstić information content (AvgIpc) is 3.22. The van der Waals surface area contributed by atoms with Gasteiger partial charge in [0.1, 0.15) is 0 Å². The highest BCUT2D eigenvalue weighted by atomic mass is 16.3. The molecule has 0 aliphatic heterocycles. The molecule has 5 nitrogen and oxygen atoms in total. The number of hydrogen-bond donors (Lipinski definition) is 2. The van der Waals surface area contributed by atoms with Crippen LogP contribution in [0.15, 0.2) is 77.6 Å². The number of nitrogens with one attached hydrogen (secondary N) is 2. The van der Waals surface area contributed by atoms with Gasteiger partial charge in [0.15, 0.2) is 0 Å². The normalized spacial score (nSPS) is 11.6. The van der Waals surface area contributed by atoms with E-state index in [1.165, 1.54) is 0 Å². The van der Waals surface area contributed by atoms with E-state index in [-0.39, 0.29) is 12.6 Å². The maximum absolute atomic E-state index is 12.0. The molecule has 1 aromatic heterocycles. The summed E-state index contributed by atoms with van der Waals surface area (Å²) in [4.78, 5) is 24.0. The van der Waals surface area contributed by atoms with Crippen LogP contribution >= 0.6 is 0 Å². The van der Waals surface area contributed by atoms with Gasteiger partial charge in [0.25, 0.3) is 0 Å². The van der Waals surface area contributed by atoms with Gasteiger partial charge in [-0.2, -0.15) is 0 Å². The number of furan rings is 1. The van der Waals surface area contributed by atoms with Crippen LogP contribution in [-0.2, 0) is 16.1 Å². The highest BCUT2D eigenvalue weighted by Gasteiger charge is 2.16. The van der Waals surface area contributed by atoms with E-state index in [0.717, 1.165) is 22.3 Å². The largest absolute Gasteiger partial charge is 0.472 e. The van der Waals surface area contributed by atoms with Crippen molar-refractivity contribution in [1.29, 1.82) is 0 Å². The van der Waals surface area contributed by atoms with E-state index in [2.05, 4.69) is 10.6 Å². The quantitative estimate of drug-likeness (QED) is 0.694. The number of carbonyl (C=O) groups excluding carboxylic acids is 2. The Bertz CT molecular complexity index is 856. The van der Waals surface area contributed by atoms with E-state index in [9.17, 15) is 9.59 Å². The summed E-state index contributed by atoms with van der Waals surface area (Å²) in [6.45, 7) is 2.13. The van der Waals surface area contributed by atoms with Gasteiger partial charge >= 0.3 is 11.8 Å². The molecule has 3 rings (SSSR count). The summed E-state index contributed by atoms with van der Waals surface area (Å²) in [5, 5.41) is 5.34. The van der Waals surface area contributed by atoms with Crippen molar-refractivity contribution in [2.24, 2.45) is 0 Å². The molecule has 1 heterocycles. The van der Waals surface area contributed by atoms with Gasteiger partial charge in [0.05, 0.1) is 18.6 Å². The molecule has 0 aliphatic rings. The summed E-state index contributed by atoms with van der Waals surface area (Å²) in [6.07, 6.45) is 3.30. The SMILES string of the molecule is CC(NC(=O)C(=O)NCc1ccc(-c2ccoc2)cc1)c1ccccc1. The first-order chi connectivity index (χ1) is 12.6. The van der Waals surface area contributed by atoms with Crippen LogP contribution in [0.3, 0.4) is 0 Å². The van der Waals surface area contributed by atoms with Gasteiger partial charge in [0.2, 0.25) is 0 Å². The molecule has 0 radical (unpaired) electrons. The van der Waals surface area contributed by atoms with Gasteiger partial charge in [-0.15, -0.1) is 0 Å². The van der Waals surface area contributed by atoms with Crippen LogP contribution in [0.1, 0.15) is 24.1 Å². The Morgan fingerprint density at radius 1 is 0.923 bits per heavy atom. The minimum Gasteiger partial charge on any atom is -0.472 e. The molecule has 0 saturated carbocycles. The lowest BCUT2D eigenvalue weighted by atomic mass is 10.1. The molecule has 5 heteroatoms. The Morgan fingerprint density at radius 3 is 2.31 bits per heavy atom. The van der Waals surface area contributed by atoms with E-state index in [0.29, 0.717) is 0 Å². The molecule has 132 valence electrons. The Morgan fingerprint density at radius 2 is 1.65 bits per heavy atom. The molecule has 3 aromatic rings. The molecule has 2 aromatic carbocycles. The Hall–Kier alpha value is -3.34. The van der Waals surface area contributed by atoms with Gasteiger partial charge in [-0.25, -0.2) is 0 Å². The Labute approximate surface area is 152 Å². The molecule has 0 bridgehead atoms. The van der Waals surface area contributed by atoms with Crippen LogP contribution in [-0.4, -0.2) is 11.8 Å². The van der Waals surface area contributed by atoms with E-state index in [4.69, 9.17) is 4.42 Å². The second kappa shape index (κ2) is 8.16. The fourth-order valence-corrected chi connectivity index (χ4v) is 2.59. The van der Waals surface area contributed by atoms with Crippen molar-refractivity contribution >= 4 is 11.8 Å². The topological polar surface area (TPSA) is 71.3 Å². The van der Waals surface area contributed by atoms with Crippen molar-refractivity contribution < 1.29 is 14.0 Å².